The van der Waals surface area contributed by atoms with Gasteiger partial charge < -0.3 is 5.32 Å². The molecule has 1 atom stereocenters. The average molecular weight is 420 g/mol. The molecule has 1 unspecified atom stereocenters. The summed E-state index contributed by atoms with van der Waals surface area (Å²) < 4.78 is 93.2. The second-order valence-electron chi connectivity index (χ2n) is 6.54. The van der Waals surface area contributed by atoms with E-state index in [9.17, 15) is 35.2 Å². The van der Waals surface area contributed by atoms with E-state index in [0.717, 1.165) is 25.1 Å². The van der Waals surface area contributed by atoms with Crippen LogP contribution in [0.4, 0.5) is 27.6 Å². The van der Waals surface area contributed by atoms with Gasteiger partial charge >= 0.3 is 0 Å². The predicted molar refractivity (Wildman–Crippen MR) is 89.0 cm³/mol. The Bertz CT molecular complexity index is 1070. The fourth-order valence-corrected chi connectivity index (χ4v) is 3.94. The van der Waals surface area contributed by atoms with Crippen LogP contribution in [0.15, 0.2) is 41.3 Å². The number of benzene rings is 2. The lowest BCUT2D eigenvalue weighted by Crippen LogP contribution is -2.39. The van der Waals surface area contributed by atoms with Gasteiger partial charge in [-0.05, 0) is 37.3 Å². The van der Waals surface area contributed by atoms with E-state index in [2.05, 4.69) is 5.32 Å². The maximum Gasteiger partial charge on any atom is 0.268 e. The number of amides is 1. The molecule has 1 aliphatic carbocycles. The summed E-state index contributed by atoms with van der Waals surface area (Å²) in [5.74, 6) is -7.86. The first-order chi connectivity index (χ1) is 12.8. The van der Waals surface area contributed by atoms with Gasteiger partial charge in [-0.2, -0.15) is 4.72 Å². The van der Waals surface area contributed by atoms with Gasteiger partial charge in [-0.25, -0.2) is 30.4 Å². The molecule has 28 heavy (non-hydrogen) atoms. The minimum Gasteiger partial charge on any atom is -0.322 e. The highest BCUT2D eigenvalue weighted by atomic mass is 32.2. The molecule has 3 rings (SSSR count). The zero-order valence-corrected chi connectivity index (χ0v) is 15.0. The third-order valence-electron chi connectivity index (χ3n) is 4.29. The summed E-state index contributed by atoms with van der Waals surface area (Å²) in [7, 11) is -4.47. The first-order valence-corrected chi connectivity index (χ1v) is 9.31. The molecule has 2 N–H and O–H groups in total. The van der Waals surface area contributed by atoms with Crippen molar-refractivity contribution in [2.45, 2.75) is 29.7 Å². The normalized spacial score (nSPS) is 20.6. The fourth-order valence-electron chi connectivity index (χ4n) is 2.48. The van der Waals surface area contributed by atoms with E-state index in [4.69, 9.17) is 0 Å². The van der Waals surface area contributed by atoms with E-state index in [-0.39, 0.29) is 5.69 Å². The SMILES string of the molecule is CC1(NS(=O)(=O)c2ccc(F)c(C(=O)Nc3ccc(F)c(F)c3)c2)CC1(F)F. The van der Waals surface area contributed by atoms with Gasteiger partial charge in [0.2, 0.25) is 10.0 Å². The van der Waals surface area contributed by atoms with Gasteiger partial charge in [-0.15, -0.1) is 0 Å². The Labute approximate surface area is 156 Å². The summed E-state index contributed by atoms with van der Waals surface area (Å²) in [6.45, 7) is 1.02. The zero-order valence-electron chi connectivity index (χ0n) is 14.2. The van der Waals surface area contributed by atoms with Gasteiger partial charge in [0.1, 0.15) is 5.82 Å². The summed E-state index contributed by atoms with van der Waals surface area (Å²) in [4.78, 5) is 11.6. The molecule has 11 heteroatoms. The second kappa shape index (κ2) is 6.52. The Morgan fingerprint density at radius 2 is 1.61 bits per heavy atom. The fraction of sp³-hybridized carbons (Fsp3) is 0.235. The lowest BCUT2D eigenvalue weighted by molar-refractivity contribution is 0.0895. The molecule has 0 bridgehead atoms. The van der Waals surface area contributed by atoms with Crippen molar-refractivity contribution in [2.75, 3.05) is 5.32 Å². The molecular formula is C17H13F5N2O3S. The molecule has 0 radical (unpaired) electrons. The van der Waals surface area contributed by atoms with E-state index in [0.29, 0.717) is 18.2 Å². The van der Waals surface area contributed by atoms with Crippen LogP contribution in [0.3, 0.4) is 0 Å². The van der Waals surface area contributed by atoms with Gasteiger partial charge in [0.25, 0.3) is 11.8 Å². The number of anilines is 1. The molecule has 5 nitrogen and oxygen atoms in total. The molecule has 0 saturated heterocycles. The number of sulfonamides is 1. The van der Waals surface area contributed by atoms with Crippen molar-refractivity contribution < 1.29 is 35.2 Å². The highest BCUT2D eigenvalue weighted by Crippen LogP contribution is 2.52. The number of hydrogen-bond acceptors (Lipinski definition) is 3. The summed E-state index contributed by atoms with van der Waals surface area (Å²) in [5, 5.41) is 2.10. The van der Waals surface area contributed by atoms with Gasteiger partial charge in [-0.3, -0.25) is 4.79 Å². The largest absolute Gasteiger partial charge is 0.322 e. The quantitative estimate of drug-likeness (QED) is 0.728. The van der Waals surface area contributed by atoms with Crippen molar-refractivity contribution in [1.29, 1.82) is 0 Å². The Morgan fingerprint density at radius 1 is 1.00 bits per heavy atom. The van der Waals surface area contributed by atoms with E-state index in [1.54, 1.807) is 0 Å². The van der Waals surface area contributed by atoms with Crippen LogP contribution < -0.4 is 10.0 Å². The minimum atomic E-state index is -4.47. The number of halogens is 5. The number of carbonyl (C=O) groups is 1. The van der Waals surface area contributed by atoms with Crippen LogP contribution in [0.25, 0.3) is 0 Å². The Kier molecular flexibility index (Phi) is 4.71. The van der Waals surface area contributed by atoms with Gasteiger partial charge in [0.15, 0.2) is 11.6 Å². The molecule has 1 saturated carbocycles. The first kappa shape index (κ1) is 20.2. The highest BCUT2D eigenvalue weighted by molar-refractivity contribution is 7.89. The molecule has 2 aromatic rings. The van der Waals surface area contributed by atoms with Crippen LogP contribution in [0.5, 0.6) is 0 Å². The van der Waals surface area contributed by atoms with E-state index >= 15 is 0 Å². The molecule has 0 aromatic heterocycles. The molecule has 150 valence electrons. The van der Waals surface area contributed by atoms with Gasteiger partial charge in [0, 0.05) is 18.2 Å². The molecular weight excluding hydrogens is 407 g/mol. The van der Waals surface area contributed by atoms with Crippen molar-refractivity contribution in [1.82, 2.24) is 4.72 Å². The van der Waals surface area contributed by atoms with Gasteiger partial charge in [-0.1, -0.05) is 0 Å². The van der Waals surface area contributed by atoms with Gasteiger partial charge in [0.05, 0.1) is 16.0 Å². The number of nitrogens with one attached hydrogen (secondary N) is 2. The lowest BCUT2D eigenvalue weighted by Gasteiger charge is -2.14. The summed E-state index contributed by atoms with van der Waals surface area (Å²) in [6.07, 6.45) is -0.691. The standard InChI is InChI=1S/C17H13F5N2O3S/c1-16(8-17(16,21)22)24-28(26,27)10-3-5-12(18)11(7-10)15(25)23-9-2-4-13(19)14(20)6-9/h2-7,24H,8H2,1H3,(H,23,25). The average Bonchev–Trinajstić information content (AvgIpc) is 3.06. The molecule has 2 aromatic carbocycles. The third-order valence-corrected chi connectivity index (χ3v) is 5.88. The molecule has 1 fully saturated rings. The van der Waals surface area contributed by atoms with Crippen molar-refractivity contribution in [3.8, 4) is 0 Å². The van der Waals surface area contributed by atoms with Crippen molar-refractivity contribution in [3.05, 3.63) is 59.4 Å². The maximum absolute atomic E-state index is 14.0. The molecule has 0 heterocycles. The lowest BCUT2D eigenvalue weighted by atomic mass is 10.2. The number of rotatable bonds is 5. The van der Waals surface area contributed by atoms with E-state index in [1.165, 1.54) is 0 Å². The smallest absolute Gasteiger partial charge is 0.268 e. The predicted octanol–water partition coefficient (Wildman–Crippen LogP) is 3.43. The topological polar surface area (TPSA) is 75.3 Å². The second-order valence-corrected chi connectivity index (χ2v) is 8.23. The number of hydrogen-bond donors (Lipinski definition) is 2. The maximum atomic E-state index is 14.0. The van der Waals surface area contributed by atoms with Crippen LogP contribution in [0.1, 0.15) is 23.7 Å². The van der Waals surface area contributed by atoms with E-state index < -0.39 is 61.7 Å². The van der Waals surface area contributed by atoms with Crippen molar-refractivity contribution >= 4 is 21.6 Å². The van der Waals surface area contributed by atoms with Crippen LogP contribution in [0.2, 0.25) is 0 Å². The van der Waals surface area contributed by atoms with Crippen LogP contribution in [-0.2, 0) is 10.0 Å². The summed E-state index contributed by atoms with van der Waals surface area (Å²) in [6, 6.07) is 4.58. The number of alkyl halides is 2. The molecule has 0 aliphatic heterocycles. The van der Waals surface area contributed by atoms with Crippen molar-refractivity contribution in [3.63, 3.8) is 0 Å². The summed E-state index contributed by atoms with van der Waals surface area (Å²) >= 11 is 0. The van der Waals surface area contributed by atoms with Crippen LogP contribution in [-0.4, -0.2) is 25.8 Å². The first-order valence-electron chi connectivity index (χ1n) is 7.82. The number of carbonyl (C=O) groups excluding carboxylic acids is 1. The molecule has 0 spiro atoms. The van der Waals surface area contributed by atoms with Crippen molar-refractivity contribution in [2.24, 2.45) is 0 Å². The Balaban J connectivity index is 1.86. The Morgan fingerprint density at radius 3 is 2.18 bits per heavy atom. The Hall–Kier alpha value is -2.53. The van der Waals surface area contributed by atoms with Crippen LogP contribution >= 0.6 is 0 Å². The zero-order chi connectivity index (χ0) is 20.9. The monoisotopic (exact) mass is 420 g/mol. The summed E-state index contributed by atoms with van der Waals surface area (Å²) in [5.41, 5.74) is -2.88. The molecule has 1 aliphatic rings. The van der Waals surface area contributed by atoms with Crippen LogP contribution in [0, 0.1) is 17.5 Å². The molecule has 1 amide bonds. The van der Waals surface area contributed by atoms with E-state index in [1.807, 2.05) is 4.72 Å². The highest BCUT2D eigenvalue weighted by Gasteiger charge is 2.69. The minimum absolute atomic E-state index is 0.195. The third kappa shape index (κ3) is 3.72.